The maximum atomic E-state index is 12.2. The number of carbonyl (C=O) groups is 1. The molecule has 2 rings (SSSR count). The fourth-order valence-corrected chi connectivity index (χ4v) is 2.34. The van der Waals surface area contributed by atoms with E-state index < -0.39 is 17.4 Å². The minimum Gasteiger partial charge on any atom is -0.504 e. The Hall–Kier alpha value is -3.42. The standard InChI is InChI=1S/C18H20N2O6/c1-10-5-12(17(26-4)15(6-10)25-3)9-19-20-18(23)11-7-13(21)16(22)14(8-11)24-2/h5-9,21-22H,1-4H3,(H,20,23)/b19-9+. The van der Waals surface area contributed by atoms with Gasteiger partial charge < -0.3 is 24.4 Å². The molecule has 0 atom stereocenters. The Labute approximate surface area is 150 Å². The number of phenolic OH excluding ortho intramolecular Hbond substituents is 2. The fourth-order valence-electron chi connectivity index (χ4n) is 2.34. The van der Waals surface area contributed by atoms with Crippen LogP contribution in [0.15, 0.2) is 29.4 Å². The Balaban J connectivity index is 2.22. The zero-order valence-corrected chi connectivity index (χ0v) is 14.9. The Morgan fingerprint density at radius 2 is 1.73 bits per heavy atom. The van der Waals surface area contributed by atoms with Gasteiger partial charge in [-0.3, -0.25) is 4.79 Å². The lowest BCUT2D eigenvalue weighted by molar-refractivity contribution is 0.0954. The first-order valence-corrected chi connectivity index (χ1v) is 7.57. The maximum Gasteiger partial charge on any atom is 0.271 e. The molecule has 1 amide bonds. The van der Waals surface area contributed by atoms with Crippen LogP contribution in [0.25, 0.3) is 0 Å². The van der Waals surface area contributed by atoms with E-state index in [1.165, 1.54) is 33.6 Å². The summed E-state index contributed by atoms with van der Waals surface area (Å²) in [6, 6.07) is 6.04. The SMILES string of the molecule is COc1cc(C(=O)N/N=C/c2cc(C)cc(OC)c2OC)cc(O)c1O. The molecule has 8 nitrogen and oxygen atoms in total. The number of ether oxygens (including phenoxy) is 3. The van der Waals surface area contributed by atoms with Crippen LogP contribution in [0.3, 0.4) is 0 Å². The predicted molar refractivity (Wildman–Crippen MR) is 95.7 cm³/mol. The van der Waals surface area contributed by atoms with Crippen LogP contribution in [-0.2, 0) is 0 Å². The number of nitrogens with zero attached hydrogens (tertiary/aromatic N) is 1. The first-order chi connectivity index (χ1) is 12.4. The quantitative estimate of drug-likeness (QED) is 0.414. The monoisotopic (exact) mass is 360 g/mol. The third-order valence-corrected chi connectivity index (χ3v) is 3.56. The third-order valence-electron chi connectivity index (χ3n) is 3.56. The van der Waals surface area contributed by atoms with Crippen LogP contribution in [0.2, 0.25) is 0 Å². The molecule has 0 saturated heterocycles. The molecule has 0 fully saturated rings. The molecule has 0 aliphatic rings. The molecule has 2 aromatic rings. The summed E-state index contributed by atoms with van der Waals surface area (Å²) >= 11 is 0. The number of carbonyl (C=O) groups excluding carboxylic acids is 1. The lowest BCUT2D eigenvalue weighted by Crippen LogP contribution is -2.17. The number of rotatable bonds is 6. The van der Waals surface area contributed by atoms with Crippen molar-refractivity contribution in [2.45, 2.75) is 6.92 Å². The highest BCUT2D eigenvalue weighted by atomic mass is 16.5. The summed E-state index contributed by atoms with van der Waals surface area (Å²) < 4.78 is 15.5. The zero-order valence-electron chi connectivity index (χ0n) is 14.9. The maximum absolute atomic E-state index is 12.2. The average molecular weight is 360 g/mol. The molecular weight excluding hydrogens is 340 g/mol. The molecule has 0 unspecified atom stereocenters. The molecule has 8 heteroatoms. The highest BCUT2D eigenvalue weighted by Gasteiger charge is 2.14. The van der Waals surface area contributed by atoms with E-state index in [1.807, 2.05) is 19.1 Å². The van der Waals surface area contributed by atoms with E-state index in [0.29, 0.717) is 17.1 Å². The number of nitrogens with one attached hydrogen (secondary N) is 1. The van der Waals surface area contributed by atoms with E-state index >= 15 is 0 Å². The van der Waals surface area contributed by atoms with E-state index in [-0.39, 0.29) is 11.3 Å². The number of benzene rings is 2. The van der Waals surface area contributed by atoms with Crippen LogP contribution in [0.5, 0.6) is 28.7 Å². The summed E-state index contributed by atoms with van der Waals surface area (Å²) in [7, 11) is 4.35. The van der Waals surface area contributed by atoms with Gasteiger partial charge in [0.15, 0.2) is 23.0 Å². The van der Waals surface area contributed by atoms with Crippen LogP contribution in [0.4, 0.5) is 0 Å². The van der Waals surface area contributed by atoms with Crippen molar-refractivity contribution >= 4 is 12.1 Å². The number of hydrogen-bond acceptors (Lipinski definition) is 7. The summed E-state index contributed by atoms with van der Waals surface area (Å²) in [6.07, 6.45) is 1.42. The van der Waals surface area contributed by atoms with Crippen molar-refractivity contribution in [3.8, 4) is 28.7 Å². The van der Waals surface area contributed by atoms with Gasteiger partial charge in [0.1, 0.15) is 0 Å². The van der Waals surface area contributed by atoms with Crippen LogP contribution < -0.4 is 19.6 Å². The summed E-state index contributed by atoms with van der Waals surface area (Å²) in [5, 5.41) is 23.1. The Morgan fingerprint density at radius 3 is 2.35 bits per heavy atom. The second kappa shape index (κ2) is 8.11. The molecule has 0 aromatic heterocycles. The Morgan fingerprint density at radius 1 is 1.04 bits per heavy atom. The number of hydrazone groups is 1. The molecule has 0 heterocycles. The molecule has 0 bridgehead atoms. The van der Waals surface area contributed by atoms with E-state index in [4.69, 9.17) is 14.2 Å². The van der Waals surface area contributed by atoms with Crippen LogP contribution >= 0.6 is 0 Å². The molecule has 3 N–H and O–H groups in total. The van der Waals surface area contributed by atoms with E-state index in [9.17, 15) is 15.0 Å². The molecule has 0 saturated carbocycles. The van der Waals surface area contributed by atoms with Gasteiger partial charge >= 0.3 is 0 Å². The van der Waals surface area contributed by atoms with Gasteiger partial charge in [0, 0.05) is 11.1 Å². The highest BCUT2D eigenvalue weighted by molar-refractivity contribution is 5.96. The number of aryl methyl sites for hydroxylation is 1. The minimum atomic E-state index is -0.589. The molecule has 0 aliphatic heterocycles. The summed E-state index contributed by atoms with van der Waals surface area (Å²) in [6.45, 7) is 1.89. The van der Waals surface area contributed by atoms with Gasteiger partial charge in [-0.05, 0) is 36.8 Å². The fraction of sp³-hybridized carbons (Fsp3) is 0.222. The molecule has 0 aliphatic carbocycles. The van der Waals surface area contributed by atoms with Gasteiger partial charge in [-0.15, -0.1) is 0 Å². The molecular formula is C18H20N2O6. The van der Waals surface area contributed by atoms with Crippen molar-refractivity contribution in [2.24, 2.45) is 5.10 Å². The van der Waals surface area contributed by atoms with E-state index in [1.54, 1.807) is 0 Å². The topological polar surface area (TPSA) is 110 Å². The molecule has 0 radical (unpaired) electrons. The summed E-state index contributed by atoms with van der Waals surface area (Å²) in [5.74, 6) is -0.487. The van der Waals surface area contributed by atoms with Gasteiger partial charge in [0.2, 0.25) is 5.75 Å². The van der Waals surface area contributed by atoms with Crippen molar-refractivity contribution in [2.75, 3.05) is 21.3 Å². The van der Waals surface area contributed by atoms with Crippen molar-refractivity contribution in [1.82, 2.24) is 5.43 Å². The second-order valence-electron chi connectivity index (χ2n) is 5.34. The highest BCUT2D eigenvalue weighted by Crippen LogP contribution is 2.36. The molecule has 2 aromatic carbocycles. The molecule has 0 spiro atoms. The largest absolute Gasteiger partial charge is 0.504 e. The van der Waals surface area contributed by atoms with E-state index in [0.717, 1.165) is 11.6 Å². The smallest absolute Gasteiger partial charge is 0.271 e. The normalized spacial score (nSPS) is 10.6. The number of amides is 1. The lowest BCUT2D eigenvalue weighted by Gasteiger charge is -2.11. The first-order valence-electron chi connectivity index (χ1n) is 7.57. The summed E-state index contributed by atoms with van der Waals surface area (Å²) in [5.41, 5.74) is 3.97. The average Bonchev–Trinajstić information content (AvgIpc) is 2.63. The number of aromatic hydroxyl groups is 2. The Bertz CT molecular complexity index is 848. The number of phenols is 2. The second-order valence-corrected chi connectivity index (χ2v) is 5.34. The third kappa shape index (κ3) is 3.97. The van der Waals surface area contributed by atoms with Crippen molar-refractivity contribution in [3.63, 3.8) is 0 Å². The van der Waals surface area contributed by atoms with Gasteiger partial charge in [-0.2, -0.15) is 5.10 Å². The van der Waals surface area contributed by atoms with Gasteiger partial charge in [-0.1, -0.05) is 0 Å². The lowest BCUT2D eigenvalue weighted by atomic mass is 10.1. The predicted octanol–water partition coefficient (Wildman–Crippen LogP) is 2.20. The molecule has 138 valence electrons. The van der Waals surface area contributed by atoms with Crippen molar-refractivity contribution < 1.29 is 29.2 Å². The molecule has 26 heavy (non-hydrogen) atoms. The number of methoxy groups -OCH3 is 3. The first kappa shape index (κ1) is 18.9. The van der Waals surface area contributed by atoms with Gasteiger partial charge in [-0.25, -0.2) is 5.43 Å². The van der Waals surface area contributed by atoms with Crippen molar-refractivity contribution in [1.29, 1.82) is 0 Å². The number of hydrogen-bond donors (Lipinski definition) is 3. The Kier molecular flexibility index (Phi) is 5.90. The minimum absolute atomic E-state index is 0.0239. The van der Waals surface area contributed by atoms with Crippen LogP contribution in [-0.4, -0.2) is 43.7 Å². The van der Waals surface area contributed by atoms with Crippen LogP contribution in [0.1, 0.15) is 21.5 Å². The summed E-state index contributed by atoms with van der Waals surface area (Å²) in [4.78, 5) is 12.2. The van der Waals surface area contributed by atoms with E-state index in [2.05, 4.69) is 10.5 Å². The zero-order chi connectivity index (χ0) is 19.3. The van der Waals surface area contributed by atoms with Gasteiger partial charge in [0.05, 0.1) is 27.5 Å². The van der Waals surface area contributed by atoms with Crippen molar-refractivity contribution in [3.05, 3.63) is 41.0 Å². The van der Waals surface area contributed by atoms with Crippen LogP contribution in [0, 0.1) is 6.92 Å². The van der Waals surface area contributed by atoms with Gasteiger partial charge in [0.25, 0.3) is 5.91 Å².